The van der Waals surface area contributed by atoms with Crippen molar-refractivity contribution in [3.05, 3.63) is 0 Å². The van der Waals surface area contributed by atoms with E-state index in [2.05, 4.69) is 19.2 Å². The van der Waals surface area contributed by atoms with Gasteiger partial charge in [-0.2, -0.15) is 0 Å². The minimum absolute atomic E-state index is 0. The zero-order valence-electron chi connectivity index (χ0n) is 5.48. The van der Waals surface area contributed by atoms with Crippen LogP contribution < -0.4 is 5.32 Å². The Bertz CT molecular complexity index is 57.5. The van der Waals surface area contributed by atoms with Crippen LogP contribution >= 0.6 is 12.4 Å². The Morgan fingerprint density at radius 1 is 1.38 bits per heavy atom. The van der Waals surface area contributed by atoms with Crippen LogP contribution in [0.2, 0.25) is 0 Å². The summed E-state index contributed by atoms with van der Waals surface area (Å²) in [5, 5.41) is 3.37. The predicted molar refractivity (Wildman–Crippen MR) is 38.5 cm³/mol. The lowest BCUT2D eigenvalue weighted by Gasteiger charge is -1.96. The average Bonchev–Trinajstić information content (AvgIpc) is 1.87. The molecule has 0 amide bonds. The van der Waals surface area contributed by atoms with Crippen molar-refractivity contribution < 1.29 is 0 Å². The summed E-state index contributed by atoms with van der Waals surface area (Å²) < 4.78 is 0. The maximum Gasteiger partial charge on any atom is 0.00418 e. The van der Waals surface area contributed by atoms with Gasteiger partial charge in [-0.3, -0.25) is 0 Å². The Balaban J connectivity index is 0.000000490. The van der Waals surface area contributed by atoms with Crippen LogP contribution in [0.3, 0.4) is 0 Å². The summed E-state index contributed by atoms with van der Waals surface area (Å²) in [7, 11) is 0. The Morgan fingerprint density at radius 3 is 2.12 bits per heavy atom. The van der Waals surface area contributed by atoms with E-state index in [-0.39, 0.29) is 12.4 Å². The largest absolute Gasteiger partial charge is 0.314 e. The van der Waals surface area contributed by atoms with Crippen LogP contribution in [-0.2, 0) is 0 Å². The summed E-state index contributed by atoms with van der Waals surface area (Å²) in [5.41, 5.74) is 0. The molecule has 1 saturated heterocycles. The van der Waals surface area contributed by atoms with Gasteiger partial charge in [0, 0.05) is 6.04 Å². The van der Waals surface area contributed by atoms with Crippen molar-refractivity contribution in [2.45, 2.75) is 26.3 Å². The van der Waals surface area contributed by atoms with Crippen molar-refractivity contribution in [2.75, 3.05) is 6.54 Å². The van der Waals surface area contributed by atoms with Gasteiger partial charge >= 0.3 is 0 Å². The molecule has 0 aliphatic carbocycles. The van der Waals surface area contributed by atoms with Gasteiger partial charge in [0.2, 0.25) is 0 Å². The van der Waals surface area contributed by atoms with Gasteiger partial charge in [0.1, 0.15) is 0 Å². The van der Waals surface area contributed by atoms with Gasteiger partial charge < -0.3 is 5.32 Å². The molecule has 8 heavy (non-hydrogen) atoms. The molecule has 1 nitrogen and oxygen atoms in total. The second kappa shape index (κ2) is 3.31. The lowest BCUT2D eigenvalue weighted by Crippen LogP contribution is -2.16. The fourth-order valence-electron chi connectivity index (χ4n) is 1.17. The topological polar surface area (TPSA) is 12.0 Å². The fourth-order valence-corrected chi connectivity index (χ4v) is 1.17. The van der Waals surface area contributed by atoms with E-state index in [0.29, 0.717) is 0 Å². The minimum atomic E-state index is 0. The minimum Gasteiger partial charge on any atom is -0.314 e. The van der Waals surface area contributed by atoms with Gasteiger partial charge in [0.25, 0.3) is 0 Å². The van der Waals surface area contributed by atoms with E-state index in [9.17, 15) is 0 Å². The van der Waals surface area contributed by atoms with E-state index < -0.39 is 0 Å². The first-order valence-corrected chi connectivity index (χ1v) is 3.02. The molecule has 0 aromatic rings. The molecule has 0 bridgehead atoms. The molecule has 0 radical (unpaired) electrons. The monoisotopic (exact) mass is 135 g/mol. The van der Waals surface area contributed by atoms with Gasteiger partial charge in [-0.1, -0.05) is 6.92 Å². The van der Waals surface area contributed by atoms with Gasteiger partial charge in [0.15, 0.2) is 0 Å². The molecule has 1 heterocycles. The molecular weight excluding hydrogens is 122 g/mol. The van der Waals surface area contributed by atoms with Crippen molar-refractivity contribution in [3.63, 3.8) is 0 Å². The number of hydrogen-bond donors (Lipinski definition) is 1. The molecule has 0 unspecified atom stereocenters. The summed E-state index contributed by atoms with van der Waals surface area (Å²) in [5.74, 6) is 0.912. The molecule has 1 aliphatic heterocycles. The molecule has 2 heteroatoms. The van der Waals surface area contributed by atoms with E-state index >= 15 is 0 Å². The SMILES string of the molecule is C[C@H]1CN[C@@H](C)C1.Cl. The zero-order chi connectivity index (χ0) is 5.28. The lowest BCUT2D eigenvalue weighted by atomic mass is 10.1. The van der Waals surface area contributed by atoms with Crippen LogP contribution in [0.5, 0.6) is 0 Å². The zero-order valence-corrected chi connectivity index (χ0v) is 6.29. The van der Waals surface area contributed by atoms with E-state index in [4.69, 9.17) is 0 Å². The van der Waals surface area contributed by atoms with E-state index in [1.54, 1.807) is 0 Å². The van der Waals surface area contributed by atoms with Crippen LogP contribution in [0.15, 0.2) is 0 Å². The van der Waals surface area contributed by atoms with Gasteiger partial charge in [-0.25, -0.2) is 0 Å². The maximum atomic E-state index is 3.37. The average molecular weight is 136 g/mol. The highest BCUT2D eigenvalue weighted by Gasteiger charge is 2.14. The standard InChI is InChI=1S/C6H13N.ClH/c1-5-3-6(2)7-4-5;/h5-7H,3-4H2,1-2H3;1H/t5-,6+;/m1./s1. The highest BCUT2D eigenvalue weighted by Crippen LogP contribution is 2.10. The first-order valence-electron chi connectivity index (χ1n) is 3.02. The molecule has 50 valence electrons. The van der Waals surface area contributed by atoms with Crippen molar-refractivity contribution in [3.8, 4) is 0 Å². The second-order valence-electron chi connectivity index (χ2n) is 2.65. The van der Waals surface area contributed by atoms with Crippen LogP contribution in [0.25, 0.3) is 0 Å². The molecule has 0 spiro atoms. The van der Waals surface area contributed by atoms with Crippen LogP contribution in [0.1, 0.15) is 20.3 Å². The Hall–Kier alpha value is 0.250. The van der Waals surface area contributed by atoms with E-state index in [0.717, 1.165) is 12.0 Å². The predicted octanol–water partition coefficient (Wildman–Crippen LogP) is 1.43. The lowest BCUT2D eigenvalue weighted by molar-refractivity contribution is 0.622. The molecule has 2 atom stereocenters. The summed E-state index contributed by atoms with van der Waals surface area (Å²) >= 11 is 0. The molecule has 1 aliphatic rings. The third-order valence-corrected chi connectivity index (χ3v) is 1.57. The number of halogens is 1. The highest BCUT2D eigenvalue weighted by atomic mass is 35.5. The normalized spacial score (nSPS) is 36.8. The second-order valence-corrected chi connectivity index (χ2v) is 2.65. The Labute approximate surface area is 57.3 Å². The van der Waals surface area contributed by atoms with Gasteiger partial charge in [-0.05, 0) is 25.8 Å². The molecule has 1 rings (SSSR count). The molecule has 0 aromatic carbocycles. The molecule has 1 fully saturated rings. The Morgan fingerprint density at radius 2 is 2.00 bits per heavy atom. The van der Waals surface area contributed by atoms with E-state index in [1.165, 1.54) is 13.0 Å². The maximum absolute atomic E-state index is 3.37. The highest BCUT2D eigenvalue weighted by molar-refractivity contribution is 5.85. The molecule has 1 N–H and O–H groups in total. The summed E-state index contributed by atoms with van der Waals surface area (Å²) in [6.45, 7) is 5.75. The Kier molecular flexibility index (Phi) is 3.41. The van der Waals surface area contributed by atoms with Crippen molar-refractivity contribution >= 4 is 12.4 Å². The molecule has 0 saturated carbocycles. The van der Waals surface area contributed by atoms with Crippen LogP contribution in [-0.4, -0.2) is 12.6 Å². The third kappa shape index (κ3) is 2.01. The van der Waals surface area contributed by atoms with Crippen molar-refractivity contribution in [1.82, 2.24) is 5.32 Å². The molecule has 0 aromatic heterocycles. The quantitative estimate of drug-likeness (QED) is 0.530. The smallest absolute Gasteiger partial charge is 0.00418 e. The first kappa shape index (κ1) is 8.25. The van der Waals surface area contributed by atoms with Crippen molar-refractivity contribution in [1.29, 1.82) is 0 Å². The number of hydrogen-bond acceptors (Lipinski definition) is 1. The fraction of sp³-hybridized carbons (Fsp3) is 1.00. The number of nitrogens with one attached hydrogen (secondary N) is 1. The number of rotatable bonds is 0. The van der Waals surface area contributed by atoms with Crippen molar-refractivity contribution in [2.24, 2.45) is 5.92 Å². The van der Waals surface area contributed by atoms with Gasteiger partial charge in [-0.15, -0.1) is 12.4 Å². The first-order chi connectivity index (χ1) is 3.29. The summed E-state index contributed by atoms with van der Waals surface area (Å²) in [6.07, 6.45) is 1.36. The molecular formula is C6H14ClN. The van der Waals surface area contributed by atoms with Gasteiger partial charge in [0.05, 0.1) is 0 Å². The summed E-state index contributed by atoms with van der Waals surface area (Å²) in [4.78, 5) is 0. The third-order valence-electron chi connectivity index (χ3n) is 1.57. The van der Waals surface area contributed by atoms with E-state index in [1.807, 2.05) is 0 Å². The summed E-state index contributed by atoms with van der Waals surface area (Å²) in [6, 6.07) is 0.773. The van der Waals surface area contributed by atoms with Crippen LogP contribution in [0, 0.1) is 5.92 Å². The van der Waals surface area contributed by atoms with Crippen LogP contribution in [0.4, 0.5) is 0 Å².